The highest BCUT2D eigenvalue weighted by Crippen LogP contribution is 2.18. The monoisotopic (exact) mass is 360 g/mol. The van der Waals surface area contributed by atoms with Crippen LogP contribution in [-0.2, 0) is 20.8 Å². The van der Waals surface area contributed by atoms with E-state index in [1.165, 1.54) is 0 Å². The molecule has 8 heteroatoms. The number of aromatic nitrogens is 1. The van der Waals surface area contributed by atoms with E-state index in [4.69, 9.17) is 5.73 Å². The maximum atomic E-state index is 12.3. The number of amides is 2. The zero-order chi connectivity index (χ0) is 19.1. The van der Waals surface area contributed by atoms with Gasteiger partial charge in [0.25, 0.3) is 0 Å². The highest BCUT2D eigenvalue weighted by atomic mass is 16.4. The summed E-state index contributed by atoms with van der Waals surface area (Å²) in [5.74, 6) is -2.00. The molecule has 8 nitrogen and oxygen atoms in total. The molecule has 2 amide bonds. The Kier molecular flexibility index (Phi) is 6.74. The maximum Gasteiger partial charge on any atom is 0.326 e. The van der Waals surface area contributed by atoms with E-state index in [1.54, 1.807) is 13.1 Å². The minimum Gasteiger partial charge on any atom is -0.480 e. The minimum atomic E-state index is -1.19. The zero-order valence-corrected chi connectivity index (χ0v) is 14.6. The lowest BCUT2D eigenvalue weighted by atomic mass is 10.0. The van der Waals surface area contributed by atoms with E-state index in [0.717, 1.165) is 16.5 Å². The van der Waals surface area contributed by atoms with Crippen LogP contribution in [0.4, 0.5) is 0 Å². The number of hydrogen-bond acceptors (Lipinski definition) is 4. The first-order chi connectivity index (χ1) is 12.4. The van der Waals surface area contributed by atoms with Gasteiger partial charge in [0, 0.05) is 30.1 Å². The number of nitrogens with one attached hydrogen (secondary N) is 3. The Balaban J connectivity index is 1.95. The zero-order valence-electron chi connectivity index (χ0n) is 14.6. The first kappa shape index (κ1) is 19.5. The van der Waals surface area contributed by atoms with Crippen LogP contribution in [0.5, 0.6) is 0 Å². The van der Waals surface area contributed by atoms with E-state index in [-0.39, 0.29) is 25.2 Å². The summed E-state index contributed by atoms with van der Waals surface area (Å²) >= 11 is 0. The van der Waals surface area contributed by atoms with Crippen molar-refractivity contribution >= 4 is 28.7 Å². The summed E-state index contributed by atoms with van der Waals surface area (Å²) in [6.45, 7) is 2.25. The number of nitrogens with two attached hydrogens (primary N) is 1. The summed E-state index contributed by atoms with van der Waals surface area (Å²) in [4.78, 5) is 38.2. The largest absolute Gasteiger partial charge is 0.480 e. The van der Waals surface area contributed by atoms with E-state index in [9.17, 15) is 19.5 Å². The van der Waals surface area contributed by atoms with Crippen LogP contribution in [0.1, 0.15) is 25.3 Å². The summed E-state index contributed by atoms with van der Waals surface area (Å²) < 4.78 is 0. The van der Waals surface area contributed by atoms with Crippen LogP contribution in [-0.4, -0.2) is 46.5 Å². The highest BCUT2D eigenvalue weighted by molar-refractivity contribution is 5.89. The summed E-state index contributed by atoms with van der Waals surface area (Å²) in [7, 11) is 0. The van der Waals surface area contributed by atoms with Crippen molar-refractivity contribution in [2.24, 2.45) is 5.73 Å². The molecule has 26 heavy (non-hydrogen) atoms. The van der Waals surface area contributed by atoms with E-state index in [1.807, 2.05) is 24.3 Å². The lowest BCUT2D eigenvalue weighted by molar-refractivity contribution is -0.142. The Hall–Kier alpha value is -2.87. The van der Waals surface area contributed by atoms with Gasteiger partial charge in [-0.25, -0.2) is 4.79 Å². The van der Waals surface area contributed by atoms with Crippen LogP contribution >= 0.6 is 0 Å². The van der Waals surface area contributed by atoms with Gasteiger partial charge in [0.15, 0.2) is 0 Å². The molecule has 1 aromatic carbocycles. The Bertz CT molecular complexity index is 786. The summed E-state index contributed by atoms with van der Waals surface area (Å²) in [6, 6.07) is 5.61. The van der Waals surface area contributed by atoms with Crippen molar-refractivity contribution in [3.05, 3.63) is 36.0 Å². The molecule has 0 aliphatic rings. The SMILES string of the molecule is CCNC(=O)CC[C@H](NC(=O)[C@@H](N)Cc1c[nH]c2ccccc12)C(=O)O. The molecular formula is C18H24N4O4. The lowest BCUT2D eigenvalue weighted by Gasteiger charge is -2.17. The number of carbonyl (C=O) groups excluding carboxylic acids is 2. The number of hydrogen-bond donors (Lipinski definition) is 5. The first-order valence-corrected chi connectivity index (χ1v) is 8.52. The Morgan fingerprint density at radius 1 is 1.27 bits per heavy atom. The predicted octanol–water partition coefficient (Wildman–Crippen LogP) is 0.523. The number of H-pyrrole nitrogens is 1. The fourth-order valence-electron chi connectivity index (χ4n) is 2.73. The van der Waals surface area contributed by atoms with Crippen molar-refractivity contribution in [1.29, 1.82) is 0 Å². The van der Waals surface area contributed by atoms with Gasteiger partial charge in [-0.15, -0.1) is 0 Å². The molecule has 6 N–H and O–H groups in total. The van der Waals surface area contributed by atoms with Gasteiger partial charge in [-0.3, -0.25) is 9.59 Å². The fourth-order valence-corrected chi connectivity index (χ4v) is 2.73. The molecule has 0 radical (unpaired) electrons. The van der Waals surface area contributed by atoms with Gasteiger partial charge in [0.05, 0.1) is 6.04 Å². The van der Waals surface area contributed by atoms with Crippen molar-refractivity contribution in [1.82, 2.24) is 15.6 Å². The fraction of sp³-hybridized carbons (Fsp3) is 0.389. The average Bonchev–Trinajstić information content (AvgIpc) is 3.01. The van der Waals surface area contributed by atoms with Crippen LogP contribution in [0.25, 0.3) is 10.9 Å². The predicted molar refractivity (Wildman–Crippen MR) is 97.5 cm³/mol. The number of aliphatic carboxylic acids is 1. The van der Waals surface area contributed by atoms with E-state index in [0.29, 0.717) is 6.54 Å². The number of rotatable bonds is 9. The molecule has 1 aromatic heterocycles. The van der Waals surface area contributed by atoms with E-state index >= 15 is 0 Å². The number of carbonyl (C=O) groups is 3. The van der Waals surface area contributed by atoms with Crippen LogP contribution in [0.2, 0.25) is 0 Å². The molecule has 0 unspecified atom stereocenters. The van der Waals surface area contributed by atoms with E-state index < -0.39 is 24.0 Å². The molecule has 0 fully saturated rings. The molecule has 0 saturated heterocycles. The second-order valence-electron chi connectivity index (χ2n) is 6.06. The molecule has 0 saturated carbocycles. The first-order valence-electron chi connectivity index (χ1n) is 8.52. The van der Waals surface area contributed by atoms with Gasteiger partial charge in [-0.1, -0.05) is 18.2 Å². The molecule has 140 valence electrons. The number of aromatic amines is 1. The molecule has 2 rings (SSSR count). The van der Waals surface area contributed by atoms with Gasteiger partial charge >= 0.3 is 5.97 Å². The van der Waals surface area contributed by atoms with Crippen molar-refractivity contribution < 1.29 is 19.5 Å². The Labute approximate surface area is 151 Å². The van der Waals surface area contributed by atoms with Crippen molar-refractivity contribution in [3.8, 4) is 0 Å². The molecule has 1 heterocycles. The topological polar surface area (TPSA) is 137 Å². The molecule has 0 spiro atoms. The van der Waals surface area contributed by atoms with Crippen molar-refractivity contribution in [2.45, 2.75) is 38.3 Å². The molecule has 0 aliphatic carbocycles. The maximum absolute atomic E-state index is 12.3. The molecule has 2 atom stereocenters. The number of benzene rings is 1. The molecule has 0 aliphatic heterocycles. The average molecular weight is 360 g/mol. The van der Waals surface area contributed by atoms with Gasteiger partial charge in [0.2, 0.25) is 11.8 Å². The molecule has 2 aromatic rings. The molecule has 0 bridgehead atoms. The Morgan fingerprint density at radius 3 is 2.69 bits per heavy atom. The van der Waals surface area contributed by atoms with Crippen molar-refractivity contribution in [3.63, 3.8) is 0 Å². The van der Waals surface area contributed by atoms with E-state index in [2.05, 4.69) is 15.6 Å². The number of para-hydroxylation sites is 1. The van der Waals surface area contributed by atoms with Gasteiger partial charge in [-0.05, 0) is 31.4 Å². The summed E-state index contributed by atoms with van der Waals surface area (Å²) in [5, 5.41) is 15.2. The third-order valence-electron chi connectivity index (χ3n) is 4.10. The van der Waals surface area contributed by atoms with Crippen LogP contribution in [0.15, 0.2) is 30.5 Å². The smallest absolute Gasteiger partial charge is 0.326 e. The second kappa shape index (κ2) is 9.00. The highest BCUT2D eigenvalue weighted by Gasteiger charge is 2.24. The van der Waals surface area contributed by atoms with Gasteiger partial charge < -0.3 is 26.5 Å². The number of fused-ring (bicyclic) bond motifs is 1. The minimum absolute atomic E-state index is 0.00666. The quantitative estimate of drug-likeness (QED) is 0.444. The molecular weight excluding hydrogens is 336 g/mol. The van der Waals surface area contributed by atoms with Crippen molar-refractivity contribution in [2.75, 3.05) is 6.54 Å². The van der Waals surface area contributed by atoms with Crippen LogP contribution in [0, 0.1) is 0 Å². The van der Waals surface area contributed by atoms with Crippen LogP contribution in [0.3, 0.4) is 0 Å². The lowest BCUT2D eigenvalue weighted by Crippen LogP contribution is -2.49. The second-order valence-corrected chi connectivity index (χ2v) is 6.06. The summed E-state index contributed by atoms with van der Waals surface area (Å²) in [6.07, 6.45) is 2.09. The van der Waals surface area contributed by atoms with Gasteiger partial charge in [0.1, 0.15) is 6.04 Å². The normalized spacial score (nSPS) is 13.2. The standard InChI is InChI=1S/C18H24N4O4/c1-2-20-16(23)8-7-15(18(25)26)22-17(24)13(19)9-11-10-21-14-6-4-3-5-12(11)14/h3-6,10,13,15,21H,2,7-9,19H2,1H3,(H,20,23)(H,22,24)(H,25,26)/t13-,15-/m0/s1. The summed E-state index contributed by atoms with van der Waals surface area (Å²) in [5.41, 5.74) is 7.78. The number of carboxylic acid groups (broad SMARTS) is 1. The Morgan fingerprint density at radius 2 is 2.00 bits per heavy atom. The van der Waals surface area contributed by atoms with Crippen LogP contribution < -0.4 is 16.4 Å². The third kappa shape index (κ3) is 5.06. The third-order valence-corrected chi connectivity index (χ3v) is 4.10. The number of carboxylic acids is 1. The van der Waals surface area contributed by atoms with Gasteiger partial charge in [-0.2, -0.15) is 0 Å².